The Hall–Kier alpha value is -1.93. The fraction of sp³-hybridized carbons (Fsp3) is 0.417. The van der Waals surface area contributed by atoms with Gasteiger partial charge in [0.1, 0.15) is 11.8 Å². The highest BCUT2D eigenvalue weighted by atomic mass is 16.2. The van der Waals surface area contributed by atoms with E-state index in [1.165, 1.54) is 6.20 Å². The van der Waals surface area contributed by atoms with Gasteiger partial charge in [0.25, 0.3) is 5.91 Å². The van der Waals surface area contributed by atoms with Crippen molar-refractivity contribution in [3.05, 3.63) is 29.6 Å². The van der Waals surface area contributed by atoms with Crippen molar-refractivity contribution in [3.8, 4) is 6.07 Å². The van der Waals surface area contributed by atoms with E-state index in [1.807, 2.05) is 6.07 Å². The van der Waals surface area contributed by atoms with Gasteiger partial charge in [0.05, 0.1) is 5.56 Å². The summed E-state index contributed by atoms with van der Waals surface area (Å²) in [6.45, 7) is 1.36. The molecule has 88 valence electrons. The minimum atomic E-state index is -0.0820. The van der Waals surface area contributed by atoms with Crippen LogP contribution in [0.15, 0.2) is 18.3 Å². The highest BCUT2D eigenvalue weighted by molar-refractivity contribution is 5.92. The van der Waals surface area contributed by atoms with E-state index >= 15 is 0 Å². The first-order chi connectivity index (χ1) is 8.20. The van der Waals surface area contributed by atoms with Crippen LogP contribution in [0, 0.1) is 11.3 Å². The number of pyridine rings is 1. The fourth-order valence-electron chi connectivity index (χ4n) is 1.85. The molecule has 0 radical (unpaired) electrons. The Morgan fingerprint density at radius 3 is 2.71 bits per heavy atom. The number of amides is 1. The molecular weight excluding hydrogens is 216 g/mol. The number of piperidine rings is 1. The van der Waals surface area contributed by atoms with Crippen molar-refractivity contribution in [2.24, 2.45) is 5.73 Å². The second kappa shape index (κ2) is 4.93. The molecule has 5 nitrogen and oxygen atoms in total. The molecule has 1 aromatic heterocycles. The van der Waals surface area contributed by atoms with Crippen molar-refractivity contribution in [1.29, 1.82) is 5.26 Å². The Morgan fingerprint density at radius 1 is 1.47 bits per heavy atom. The lowest BCUT2D eigenvalue weighted by Crippen LogP contribution is -2.43. The molecule has 1 amide bonds. The normalized spacial score (nSPS) is 16.6. The predicted octanol–water partition coefficient (Wildman–Crippen LogP) is 0.517. The maximum atomic E-state index is 12.0. The average Bonchev–Trinajstić information content (AvgIpc) is 2.39. The zero-order chi connectivity index (χ0) is 12.3. The van der Waals surface area contributed by atoms with Crippen LogP contribution in [0.2, 0.25) is 0 Å². The van der Waals surface area contributed by atoms with Gasteiger partial charge in [-0.2, -0.15) is 5.26 Å². The molecule has 0 saturated carbocycles. The van der Waals surface area contributed by atoms with Crippen LogP contribution >= 0.6 is 0 Å². The molecule has 5 heteroatoms. The molecule has 1 saturated heterocycles. The van der Waals surface area contributed by atoms with E-state index in [2.05, 4.69) is 4.98 Å². The van der Waals surface area contributed by atoms with E-state index in [0.29, 0.717) is 24.3 Å². The summed E-state index contributed by atoms with van der Waals surface area (Å²) in [4.78, 5) is 17.8. The van der Waals surface area contributed by atoms with Gasteiger partial charge in [0, 0.05) is 25.3 Å². The maximum absolute atomic E-state index is 12.0. The molecule has 2 N–H and O–H groups in total. The van der Waals surface area contributed by atoms with Crippen LogP contribution in [0.1, 0.15) is 28.9 Å². The number of nitrogens with zero attached hydrogens (tertiary/aromatic N) is 3. The monoisotopic (exact) mass is 230 g/mol. The topological polar surface area (TPSA) is 83.0 Å². The van der Waals surface area contributed by atoms with Crippen molar-refractivity contribution in [2.75, 3.05) is 13.1 Å². The van der Waals surface area contributed by atoms with Crippen LogP contribution in [-0.2, 0) is 0 Å². The molecule has 2 heterocycles. The molecule has 1 fully saturated rings. The molecule has 0 unspecified atom stereocenters. The standard InChI is InChI=1S/C12H14N4O/c13-7-9-1-2-11(15-8-9)12(17)16-5-3-10(14)4-6-16/h1-2,8,10H,3-6,14H2. The second-order valence-corrected chi connectivity index (χ2v) is 4.17. The van der Waals surface area contributed by atoms with Crippen LogP contribution in [-0.4, -0.2) is 34.9 Å². The van der Waals surface area contributed by atoms with E-state index in [0.717, 1.165) is 12.8 Å². The number of aromatic nitrogens is 1. The van der Waals surface area contributed by atoms with Gasteiger partial charge in [-0.05, 0) is 25.0 Å². The Bertz CT molecular complexity index is 441. The molecule has 17 heavy (non-hydrogen) atoms. The zero-order valence-corrected chi connectivity index (χ0v) is 9.47. The Morgan fingerprint density at radius 2 is 2.18 bits per heavy atom. The molecule has 0 aromatic carbocycles. The number of carbonyl (C=O) groups excluding carboxylic acids is 1. The predicted molar refractivity (Wildman–Crippen MR) is 62.1 cm³/mol. The van der Waals surface area contributed by atoms with Crippen LogP contribution < -0.4 is 5.73 Å². The third-order valence-corrected chi connectivity index (χ3v) is 2.94. The molecule has 1 aliphatic rings. The Balaban J connectivity index is 2.06. The lowest BCUT2D eigenvalue weighted by atomic mass is 10.1. The summed E-state index contributed by atoms with van der Waals surface area (Å²) >= 11 is 0. The molecule has 2 rings (SSSR count). The number of hydrogen-bond acceptors (Lipinski definition) is 4. The second-order valence-electron chi connectivity index (χ2n) is 4.17. The Labute approximate surface area is 99.9 Å². The summed E-state index contributed by atoms with van der Waals surface area (Å²) in [5, 5.41) is 8.65. The number of nitriles is 1. The molecule has 0 spiro atoms. The number of nitrogens with two attached hydrogens (primary N) is 1. The number of carbonyl (C=O) groups is 1. The lowest BCUT2D eigenvalue weighted by Gasteiger charge is -2.29. The van der Waals surface area contributed by atoms with E-state index in [9.17, 15) is 4.79 Å². The minimum absolute atomic E-state index is 0.0820. The van der Waals surface area contributed by atoms with E-state index in [-0.39, 0.29) is 11.9 Å². The summed E-state index contributed by atoms with van der Waals surface area (Å²) in [5.74, 6) is -0.0820. The number of rotatable bonds is 1. The summed E-state index contributed by atoms with van der Waals surface area (Å²) in [6.07, 6.45) is 3.09. The summed E-state index contributed by atoms with van der Waals surface area (Å²) in [7, 11) is 0. The SMILES string of the molecule is N#Cc1ccc(C(=O)N2CCC(N)CC2)nc1. The quantitative estimate of drug-likeness (QED) is 0.762. The molecule has 1 aromatic rings. The van der Waals surface area contributed by atoms with E-state index in [4.69, 9.17) is 11.0 Å². The highest BCUT2D eigenvalue weighted by Crippen LogP contribution is 2.11. The first-order valence-corrected chi connectivity index (χ1v) is 5.61. The van der Waals surface area contributed by atoms with Crippen molar-refractivity contribution < 1.29 is 4.79 Å². The van der Waals surface area contributed by atoms with Gasteiger partial charge in [0.15, 0.2) is 0 Å². The van der Waals surface area contributed by atoms with Crippen LogP contribution in [0.5, 0.6) is 0 Å². The number of hydrogen-bond donors (Lipinski definition) is 1. The maximum Gasteiger partial charge on any atom is 0.272 e. The molecule has 0 atom stereocenters. The van der Waals surface area contributed by atoms with Crippen LogP contribution in [0.4, 0.5) is 0 Å². The Kier molecular flexibility index (Phi) is 3.35. The van der Waals surface area contributed by atoms with Crippen LogP contribution in [0.25, 0.3) is 0 Å². The third-order valence-electron chi connectivity index (χ3n) is 2.94. The summed E-state index contributed by atoms with van der Waals surface area (Å²) < 4.78 is 0. The third kappa shape index (κ3) is 2.60. The van der Waals surface area contributed by atoms with Gasteiger partial charge >= 0.3 is 0 Å². The first kappa shape index (κ1) is 11.6. The summed E-state index contributed by atoms with van der Waals surface area (Å²) in [6, 6.07) is 5.38. The molecule has 0 bridgehead atoms. The van der Waals surface area contributed by atoms with E-state index in [1.54, 1.807) is 17.0 Å². The van der Waals surface area contributed by atoms with Crippen molar-refractivity contribution in [1.82, 2.24) is 9.88 Å². The average molecular weight is 230 g/mol. The largest absolute Gasteiger partial charge is 0.337 e. The van der Waals surface area contributed by atoms with E-state index < -0.39 is 0 Å². The van der Waals surface area contributed by atoms with Crippen LogP contribution in [0.3, 0.4) is 0 Å². The highest BCUT2D eigenvalue weighted by Gasteiger charge is 2.22. The van der Waals surface area contributed by atoms with Gasteiger partial charge in [-0.15, -0.1) is 0 Å². The fourth-order valence-corrected chi connectivity index (χ4v) is 1.85. The van der Waals surface area contributed by atoms with Gasteiger partial charge in [-0.1, -0.05) is 0 Å². The first-order valence-electron chi connectivity index (χ1n) is 5.61. The van der Waals surface area contributed by atoms with Gasteiger partial charge < -0.3 is 10.6 Å². The van der Waals surface area contributed by atoms with Crippen molar-refractivity contribution in [2.45, 2.75) is 18.9 Å². The van der Waals surface area contributed by atoms with Gasteiger partial charge in [-0.25, -0.2) is 4.98 Å². The lowest BCUT2D eigenvalue weighted by molar-refractivity contribution is 0.0709. The van der Waals surface area contributed by atoms with Crippen molar-refractivity contribution >= 4 is 5.91 Å². The molecule has 0 aliphatic carbocycles. The van der Waals surface area contributed by atoms with Gasteiger partial charge in [-0.3, -0.25) is 4.79 Å². The summed E-state index contributed by atoms with van der Waals surface area (Å²) in [5.41, 5.74) is 6.63. The minimum Gasteiger partial charge on any atom is -0.337 e. The van der Waals surface area contributed by atoms with Gasteiger partial charge in [0.2, 0.25) is 0 Å². The molecule has 1 aliphatic heterocycles. The zero-order valence-electron chi connectivity index (χ0n) is 9.47. The van der Waals surface area contributed by atoms with Crippen molar-refractivity contribution in [3.63, 3.8) is 0 Å². The number of likely N-dealkylation sites (tertiary alicyclic amines) is 1. The molecular formula is C12H14N4O. The smallest absolute Gasteiger partial charge is 0.272 e.